The molecule has 1 aromatic rings. The van der Waals surface area contributed by atoms with Crippen molar-refractivity contribution in [3.05, 3.63) is 22.5 Å². The zero-order valence-corrected chi connectivity index (χ0v) is 13.3. The maximum atomic E-state index is 12.5. The van der Waals surface area contributed by atoms with E-state index in [9.17, 15) is 9.59 Å². The Morgan fingerprint density at radius 3 is 2.73 bits per heavy atom. The van der Waals surface area contributed by atoms with Crippen LogP contribution >= 0.6 is 0 Å². The van der Waals surface area contributed by atoms with Crippen molar-refractivity contribution in [2.75, 3.05) is 26.2 Å². The number of carbonyl (C=O) groups is 2. The van der Waals surface area contributed by atoms with Crippen LogP contribution in [-0.2, 0) is 6.42 Å². The first-order valence-corrected chi connectivity index (χ1v) is 8.42. The molecule has 0 radical (unpaired) electrons. The quantitative estimate of drug-likeness (QED) is 0.895. The van der Waals surface area contributed by atoms with Crippen molar-refractivity contribution in [2.24, 2.45) is 0 Å². The largest absolute Gasteiger partial charge is 0.355 e. The molecule has 1 saturated heterocycles. The van der Waals surface area contributed by atoms with Gasteiger partial charge in [-0.25, -0.2) is 0 Å². The maximum Gasteiger partial charge on any atom is 0.253 e. The Labute approximate surface area is 131 Å². The molecule has 1 amide bonds. The van der Waals surface area contributed by atoms with Gasteiger partial charge < -0.3 is 15.2 Å². The Morgan fingerprint density at radius 1 is 1.18 bits per heavy atom. The minimum Gasteiger partial charge on any atom is -0.355 e. The maximum absolute atomic E-state index is 12.5. The van der Waals surface area contributed by atoms with Crippen LogP contribution in [-0.4, -0.2) is 47.8 Å². The second-order valence-corrected chi connectivity index (χ2v) is 6.41. The lowest BCUT2D eigenvalue weighted by Crippen LogP contribution is -2.38. The lowest BCUT2D eigenvalue weighted by atomic mass is 9.93. The number of carbonyl (C=O) groups excluding carboxylic acids is 2. The third-order valence-corrected chi connectivity index (χ3v) is 4.79. The Bertz CT molecular complexity index is 571. The molecule has 1 fully saturated rings. The second kappa shape index (κ2) is 6.65. The molecule has 2 N–H and O–H groups in total. The highest BCUT2D eigenvalue weighted by Gasteiger charge is 2.27. The first-order chi connectivity index (χ1) is 10.7. The third-order valence-electron chi connectivity index (χ3n) is 4.79. The molecule has 0 aromatic carbocycles. The van der Waals surface area contributed by atoms with Crippen LogP contribution in [0.5, 0.6) is 0 Å². The van der Waals surface area contributed by atoms with Crippen LogP contribution in [0.15, 0.2) is 0 Å². The summed E-state index contributed by atoms with van der Waals surface area (Å²) in [7, 11) is 0. The number of Topliss-reactive ketones (excluding diaryl/α,β-unsaturated/α-hetero) is 1. The summed E-state index contributed by atoms with van der Waals surface area (Å²) >= 11 is 0. The SMILES string of the molecule is Cc1[nH]c2c(c1C(=O)NCCN1CCCCC1)CCCC2=O. The molecule has 0 saturated carbocycles. The molecule has 3 rings (SSSR count). The summed E-state index contributed by atoms with van der Waals surface area (Å²) in [6.45, 7) is 5.75. The minimum absolute atomic E-state index is 0.0401. The van der Waals surface area contributed by atoms with E-state index < -0.39 is 0 Å². The summed E-state index contributed by atoms with van der Waals surface area (Å²) in [5, 5.41) is 3.03. The number of piperidine rings is 1. The Morgan fingerprint density at radius 2 is 1.95 bits per heavy atom. The van der Waals surface area contributed by atoms with E-state index in [-0.39, 0.29) is 11.7 Å². The molecular formula is C17H25N3O2. The number of ketones is 1. The molecule has 0 unspecified atom stereocenters. The fourth-order valence-electron chi connectivity index (χ4n) is 3.62. The summed E-state index contributed by atoms with van der Waals surface area (Å²) in [5.74, 6) is 0.0958. The molecule has 0 bridgehead atoms. The normalized spacial score (nSPS) is 19.0. The molecule has 0 atom stereocenters. The van der Waals surface area contributed by atoms with Crippen LogP contribution < -0.4 is 5.32 Å². The Hall–Kier alpha value is -1.62. The summed E-state index contributed by atoms with van der Waals surface area (Å²) < 4.78 is 0. The fourth-order valence-corrected chi connectivity index (χ4v) is 3.62. The van der Waals surface area contributed by atoms with E-state index in [4.69, 9.17) is 0 Å². The number of amides is 1. The summed E-state index contributed by atoms with van der Waals surface area (Å²) in [6, 6.07) is 0. The van der Waals surface area contributed by atoms with Crippen molar-refractivity contribution in [3.8, 4) is 0 Å². The molecule has 5 nitrogen and oxygen atoms in total. The fraction of sp³-hybridized carbons (Fsp3) is 0.647. The van der Waals surface area contributed by atoms with Gasteiger partial charge in [0.15, 0.2) is 5.78 Å². The first kappa shape index (κ1) is 15.3. The van der Waals surface area contributed by atoms with Crippen LogP contribution in [0.1, 0.15) is 64.2 Å². The highest BCUT2D eigenvalue weighted by Crippen LogP contribution is 2.26. The monoisotopic (exact) mass is 303 g/mol. The van der Waals surface area contributed by atoms with Crippen molar-refractivity contribution < 1.29 is 9.59 Å². The second-order valence-electron chi connectivity index (χ2n) is 6.41. The number of aromatic amines is 1. The predicted molar refractivity (Wildman–Crippen MR) is 85.4 cm³/mol. The number of hydrogen-bond acceptors (Lipinski definition) is 3. The van der Waals surface area contributed by atoms with Gasteiger partial charge in [0.1, 0.15) is 0 Å². The van der Waals surface area contributed by atoms with Crippen LogP contribution in [0.3, 0.4) is 0 Å². The number of hydrogen-bond donors (Lipinski definition) is 2. The van der Waals surface area contributed by atoms with Gasteiger partial charge in [0, 0.05) is 25.2 Å². The summed E-state index contributed by atoms with van der Waals surface area (Å²) in [4.78, 5) is 29.9. The molecule has 1 aliphatic heterocycles. The van der Waals surface area contributed by atoms with Crippen LogP contribution in [0, 0.1) is 6.92 Å². The highest BCUT2D eigenvalue weighted by atomic mass is 16.1. The zero-order valence-electron chi connectivity index (χ0n) is 13.3. The van der Waals surface area contributed by atoms with Gasteiger partial charge in [-0.15, -0.1) is 0 Å². The van der Waals surface area contributed by atoms with E-state index in [1.54, 1.807) is 0 Å². The molecule has 2 heterocycles. The highest BCUT2D eigenvalue weighted by molar-refractivity contribution is 6.04. The van der Waals surface area contributed by atoms with Crippen LogP contribution in [0.25, 0.3) is 0 Å². The summed E-state index contributed by atoms with van der Waals surface area (Å²) in [5.41, 5.74) is 3.09. The number of aromatic nitrogens is 1. The van der Waals surface area contributed by atoms with Gasteiger partial charge in [0.25, 0.3) is 5.91 Å². The van der Waals surface area contributed by atoms with E-state index in [2.05, 4.69) is 15.2 Å². The van der Waals surface area contributed by atoms with E-state index in [1.807, 2.05) is 6.92 Å². The molecule has 5 heteroatoms. The average molecular weight is 303 g/mol. The zero-order chi connectivity index (χ0) is 15.5. The minimum atomic E-state index is -0.0401. The van der Waals surface area contributed by atoms with Gasteiger partial charge in [-0.1, -0.05) is 6.42 Å². The number of likely N-dealkylation sites (tertiary alicyclic amines) is 1. The molecular weight excluding hydrogens is 278 g/mol. The van der Waals surface area contributed by atoms with Crippen LogP contribution in [0.2, 0.25) is 0 Å². The molecule has 1 aromatic heterocycles. The molecule has 2 aliphatic rings. The third kappa shape index (κ3) is 3.09. The summed E-state index contributed by atoms with van der Waals surface area (Å²) in [6.07, 6.45) is 6.10. The van der Waals surface area contributed by atoms with Gasteiger partial charge in [0.05, 0.1) is 11.3 Å². The lowest BCUT2D eigenvalue weighted by Gasteiger charge is -2.26. The van der Waals surface area contributed by atoms with Crippen molar-refractivity contribution >= 4 is 11.7 Å². The first-order valence-electron chi connectivity index (χ1n) is 8.42. The van der Waals surface area contributed by atoms with E-state index >= 15 is 0 Å². The number of fused-ring (bicyclic) bond motifs is 1. The van der Waals surface area contributed by atoms with E-state index in [0.29, 0.717) is 24.2 Å². The van der Waals surface area contributed by atoms with Gasteiger partial charge >= 0.3 is 0 Å². The topological polar surface area (TPSA) is 65.2 Å². The number of H-pyrrole nitrogens is 1. The number of rotatable bonds is 4. The van der Waals surface area contributed by atoms with Gasteiger partial charge in [0.2, 0.25) is 0 Å². The average Bonchev–Trinajstić information content (AvgIpc) is 2.86. The van der Waals surface area contributed by atoms with E-state index in [0.717, 1.165) is 43.7 Å². The Balaban J connectivity index is 1.61. The van der Waals surface area contributed by atoms with Crippen molar-refractivity contribution in [2.45, 2.75) is 45.4 Å². The van der Waals surface area contributed by atoms with Crippen molar-refractivity contribution in [1.29, 1.82) is 0 Å². The van der Waals surface area contributed by atoms with Gasteiger partial charge in [-0.05, 0) is 51.3 Å². The molecule has 120 valence electrons. The number of nitrogens with one attached hydrogen (secondary N) is 2. The van der Waals surface area contributed by atoms with Gasteiger partial charge in [-0.3, -0.25) is 9.59 Å². The number of nitrogens with zero attached hydrogens (tertiary/aromatic N) is 1. The van der Waals surface area contributed by atoms with Crippen LogP contribution in [0.4, 0.5) is 0 Å². The molecule has 0 spiro atoms. The van der Waals surface area contributed by atoms with Gasteiger partial charge in [-0.2, -0.15) is 0 Å². The predicted octanol–water partition coefficient (Wildman–Crippen LogP) is 2.06. The van der Waals surface area contributed by atoms with Crippen molar-refractivity contribution in [3.63, 3.8) is 0 Å². The Kier molecular flexibility index (Phi) is 4.62. The number of aryl methyl sites for hydroxylation is 1. The van der Waals surface area contributed by atoms with Crippen molar-refractivity contribution in [1.82, 2.24) is 15.2 Å². The standard InChI is InChI=1S/C17H25N3O2/c1-12-15(13-6-5-7-14(21)16(13)19-12)17(22)18-8-11-20-9-3-2-4-10-20/h19H,2-11H2,1H3,(H,18,22). The smallest absolute Gasteiger partial charge is 0.253 e. The molecule has 1 aliphatic carbocycles. The van der Waals surface area contributed by atoms with E-state index in [1.165, 1.54) is 19.3 Å². The molecule has 22 heavy (non-hydrogen) atoms. The lowest BCUT2D eigenvalue weighted by molar-refractivity contribution is 0.0945.